The van der Waals surface area contributed by atoms with Crippen LogP contribution < -0.4 is 9.47 Å². The average molecular weight is 335 g/mol. The molecule has 0 unspecified atom stereocenters. The summed E-state index contributed by atoms with van der Waals surface area (Å²) in [5.41, 5.74) is 1.58. The smallest absolute Gasteiger partial charge is 0.159 e. The fourth-order valence-electron chi connectivity index (χ4n) is 1.83. The van der Waals surface area contributed by atoms with E-state index in [9.17, 15) is 4.79 Å². The molecule has 2 aromatic carbocycles. The minimum Gasteiger partial charge on any atom is -0.496 e. The van der Waals surface area contributed by atoms with Crippen molar-refractivity contribution < 1.29 is 14.3 Å². The highest BCUT2D eigenvalue weighted by molar-refractivity contribution is 9.10. The lowest BCUT2D eigenvalue weighted by atomic mass is 10.1. The van der Waals surface area contributed by atoms with Crippen LogP contribution in [0.4, 0.5) is 0 Å². The number of halogens is 1. The van der Waals surface area contributed by atoms with E-state index < -0.39 is 0 Å². The number of ether oxygens (including phenoxy) is 2. The molecule has 0 aliphatic rings. The van der Waals surface area contributed by atoms with E-state index >= 15 is 0 Å². The Morgan fingerprint density at radius 3 is 2.70 bits per heavy atom. The fraction of sp³-hybridized carbons (Fsp3) is 0.188. The molecule has 0 saturated heterocycles. The number of methoxy groups -OCH3 is 1. The standard InChI is InChI=1S/C16H15BrO3/c1-11(18)12-4-3-5-15(9-12)20-10-13-8-14(17)6-7-16(13)19-2/h3-9H,10H2,1-2H3. The maximum Gasteiger partial charge on any atom is 0.159 e. The summed E-state index contributed by atoms with van der Waals surface area (Å²) in [6.07, 6.45) is 0. The van der Waals surface area contributed by atoms with Crippen LogP contribution in [0.25, 0.3) is 0 Å². The van der Waals surface area contributed by atoms with Gasteiger partial charge in [-0.2, -0.15) is 0 Å². The Morgan fingerprint density at radius 2 is 2.00 bits per heavy atom. The van der Waals surface area contributed by atoms with E-state index in [1.54, 1.807) is 19.2 Å². The lowest BCUT2D eigenvalue weighted by molar-refractivity contribution is 0.101. The third-order valence-corrected chi connectivity index (χ3v) is 3.37. The van der Waals surface area contributed by atoms with Crippen molar-refractivity contribution in [3.05, 3.63) is 58.1 Å². The summed E-state index contributed by atoms with van der Waals surface area (Å²) in [6.45, 7) is 1.92. The van der Waals surface area contributed by atoms with Gasteiger partial charge in [-0.15, -0.1) is 0 Å². The van der Waals surface area contributed by atoms with Crippen LogP contribution in [0.5, 0.6) is 11.5 Å². The minimum atomic E-state index is 0.0236. The summed E-state index contributed by atoms with van der Waals surface area (Å²) in [7, 11) is 1.63. The molecule has 20 heavy (non-hydrogen) atoms. The zero-order valence-electron chi connectivity index (χ0n) is 11.4. The summed E-state index contributed by atoms with van der Waals surface area (Å²) in [5.74, 6) is 1.46. The highest BCUT2D eigenvalue weighted by Gasteiger charge is 2.06. The monoisotopic (exact) mass is 334 g/mol. The van der Waals surface area contributed by atoms with Crippen molar-refractivity contribution >= 4 is 21.7 Å². The van der Waals surface area contributed by atoms with Crippen LogP contribution in [0.3, 0.4) is 0 Å². The minimum absolute atomic E-state index is 0.0236. The van der Waals surface area contributed by atoms with Gasteiger partial charge in [0.05, 0.1) is 7.11 Å². The van der Waals surface area contributed by atoms with Crippen LogP contribution in [-0.2, 0) is 6.61 Å². The van der Waals surface area contributed by atoms with Gasteiger partial charge in [-0.05, 0) is 37.3 Å². The van der Waals surface area contributed by atoms with Gasteiger partial charge in [-0.1, -0.05) is 28.1 Å². The molecule has 0 spiro atoms. The van der Waals surface area contributed by atoms with Gasteiger partial charge in [-0.25, -0.2) is 0 Å². The van der Waals surface area contributed by atoms with Crippen LogP contribution in [0.15, 0.2) is 46.9 Å². The van der Waals surface area contributed by atoms with E-state index in [0.29, 0.717) is 17.9 Å². The predicted octanol–water partition coefficient (Wildman–Crippen LogP) is 4.24. The van der Waals surface area contributed by atoms with E-state index in [1.165, 1.54) is 6.92 Å². The Kier molecular flexibility index (Phi) is 4.79. The van der Waals surface area contributed by atoms with E-state index in [-0.39, 0.29) is 5.78 Å². The van der Waals surface area contributed by atoms with Gasteiger partial charge in [0, 0.05) is 15.6 Å². The van der Waals surface area contributed by atoms with E-state index in [2.05, 4.69) is 15.9 Å². The van der Waals surface area contributed by atoms with Gasteiger partial charge in [0.15, 0.2) is 5.78 Å². The Morgan fingerprint density at radius 1 is 1.20 bits per heavy atom. The number of rotatable bonds is 5. The molecule has 2 aromatic rings. The van der Waals surface area contributed by atoms with Crippen molar-refractivity contribution in [1.82, 2.24) is 0 Å². The molecule has 0 aliphatic heterocycles. The molecule has 4 heteroatoms. The first kappa shape index (κ1) is 14.6. The molecule has 0 aliphatic carbocycles. The highest BCUT2D eigenvalue weighted by Crippen LogP contribution is 2.24. The summed E-state index contributed by atoms with van der Waals surface area (Å²) < 4.78 is 12.0. The summed E-state index contributed by atoms with van der Waals surface area (Å²) >= 11 is 3.43. The maximum absolute atomic E-state index is 11.3. The first-order valence-electron chi connectivity index (χ1n) is 6.16. The van der Waals surface area contributed by atoms with Crippen molar-refractivity contribution in [2.24, 2.45) is 0 Å². The molecule has 0 bridgehead atoms. The number of hydrogen-bond acceptors (Lipinski definition) is 3. The normalized spacial score (nSPS) is 10.2. The molecular weight excluding hydrogens is 320 g/mol. The Balaban J connectivity index is 2.14. The molecular formula is C16H15BrO3. The second-order valence-corrected chi connectivity index (χ2v) is 5.24. The number of benzene rings is 2. The van der Waals surface area contributed by atoms with Crippen LogP contribution in [0.1, 0.15) is 22.8 Å². The summed E-state index contributed by atoms with van der Waals surface area (Å²) in [5, 5.41) is 0. The number of hydrogen-bond donors (Lipinski definition) is 0. The second-order valence-electron chi connectivity index (χ2n) is 4.33. The van der Waals surface area contributed by atoms with Gasteiger partial charge < -0.3 is 9.47 Å². The van der Waals surface area contributed by atoms with E-state index in [4.69, 9.17) is 9.47 Å². The molecule has 0 fully saturated rings. The number of Topliss-reactive ketones (excluding diaryl/α,β-unsaturated/α-hetero) is 1. The Hall–Kier alpha value is -1.81. The largest absolute Gasteiger partial charge is 0.496 e. The number of carbonyl (C=O) groups is 1. The predicted molar refractivity (Wildman–Crippen MR) is 81.5 cm³/mol. The second kappa shape index (κ2) is 6.57. The quantitative estimate of drug-likeness (QED) is 0.767. The van der Waals surface area contributed by atoms with Gasteiger partial charge in [0.25, 0.3) is 0 Å². The number of ketones is 1. The van der Waals surface area contributed by atoms with Crippen molar-refractivity contribution in [3.8, 4) is 11.5 Å². The van der Waals surface area contributed by atoms with Gasteiger partial charge >= 0.3 is 0 Å². The fourth-order valence-corrected chi connectivity index (χ4v) is 2.23. The summed E-state index contributed by atoms with van der Waals surface area (Å²) in [4.78, 5) is 11.3. The van der Waals surface area contributed by atoms with Gasteiger partial charge in [0.2, 0.25) is 0 Å². The van der Waals surface area contributed by atoms with Crippen molar-refractivity contribution in [2.45, 2.75) is 13.5 Å². The number of carbonyl (C=O) groups excluding carboxylic acids is 1. The molecule has 2 rings (SSSR count). The molecule has 0 heterocycles. The third-order valence-electron chi connectivity index (χ3n) is 2.88. The zero-order valence-corrected chi connectivity index (χ0v) is 12.9. The van der Waals surface area contributed by atoms with Crippen molar-refractivity contribution in [1.29, 1.82) is 0 Å². The Labute approximate surface area is 126 Å². The van der Waals surface area contributed by atoms with Gasteiger partial charge in [0.1, 0.15) is 18.1 Å². The van der Waals surface area contributed by atoms with Crippen LogP contribution >= 0.6 is 15.9 Å². The zero-order chi connectivity index (χ0) is 14.5. The van der Waals surface area contributed by atoms with Crippen LogP contribution in [0, 0.1) is 0 Å². The summed E-state index contributed by atoms with van der Waals surface area (Å²) in [6, 6.07) is 12.9. The van der Waals surface area contributed by atoms with Crippen LogP contribution in [0.2, 0.25) is 0 Å². The topological polar surface area (TPSA) is 35.5 Å². The lowest BCUT2D eigenvalue weighted by Crippen LogP contribution is -2.00. The molecule has 104 valence electrons. The van der Waals surface area contributed by atoms with Crippen LogP contribution in [-0.4, -0.2) is 12.9 Å². The third kappa shape index (κ3) is 3.61. The molecule has 0 saturated carbocycles. The molecule has 3 nitrogen and oxygen atoms in total. The Bertz CT molecular complexity index is 623. The first-order valence-corrected chi connectivity index (χ1v) is 6.95. The van der Waals surface area contributed by atoms with E-state index in [0.717, 1.165) is 15.8 Å². The molecule has 0 aromatic heterocycles. The molecule has 0 radical (unpaired) electrons. The highest BCUT2D eigenvalue weighted by atomic mass is 79.9. The molecule has 0 atom stereocenters. The maximum atomic E-state index is 11.3. The average Bonchev–Trinajstić information content (AvgIpc) is 2.45. The SMILES string of the molecule is COc1ccc(Br)cc1COc1cccc(C(C)=O)c1. The van der Waals surface area contributed by atoms with Gasteiger partial charge in [-0.3, -0.25) is 4.79 Å². The van der Waals surface area contributed by atoms with Crippen molar-refractivity contribution in [3.63, 3.8) is 0 Å². The molecule has 0 amide bonds. The first-order chi connectivity index (χ1) is 9.60. The van der Waals surface area contributed by atoms with E-state index in [1.807, 2.05) is 30.3 Å². The van der Waals surface area contributed by atoms with Crippen molar-refractivity contribution in [2.75, 3.05) is 7.11 Å². The molecule has 0 N–H and O–H groups in total. The lowest BCUT2D eigenvalue weighted by Gasteiger charge is -2.11.